The number of hydrogen-bond acceptors (Lipinski definition) is 2. The molecule has 1 atom stereocenters. The number of aromatic nitrogens is 1. The Labute approximate surface area is 124 Å². The van der Waals surface area contributed by atoms with E-state index in [4.69, 9.17) is 0 Å². The molecule has 1 aromatic carbocycles. The van der Waals surface area contributed by atoms with Gasteiger partial charge in [0.1, 0.15) is 5.82 Å². The second-order valence-corrected chi connectivity index (χ2v) is 4.96. The first kappa shape index (κ1) is 16.3. The van der Waals surface area contributed by atoms with E-state index in [0.717, 1.165) is 6.07 Å². The number of alkyl halides is 3. The van der Waals surface area contributed by atoms with Gasteiger partial charge in [-0.15, -0.1) is 0 Å². The summed E-state index contributed by atoms with van der Waals surface area (Å²) >= 11 is 0. The molecule has 0 amide bonds. The number of rotatable bonds is 4. The van der Waals surface area contributed by atoms with E-state index in [-0.39, 0.29) is 17.6 Å². The molecule has 0 bridgehead atoms. The van der Waals surface area contributed by atoms with E-state index in [0.29, 0.717) is 5.52 Å². The molecular weight excluding hydrogens is 302 g/mol. The molecular formula is C15H15F4NO2. The van der Waals surface area contributed by atoms with Crippen LogP contribution < -0.4 is 0 Å². The zero-order chi connectivity index (χ0) is 16.5. The summed E-state index contributed by atoms with van der Waals surface area (Å²) in [6.45, 7) is 1.53. The molecule has 120 valence electrons. The van der Waals surface area contributed by atoms with Crippen molar-refractivity contribution >= 4 is 16.9 Å². The van der Waals surface area contributed by atoms with Crippen LogP contribution in [-0.2, 0) is 16.6 Å². The van der Waals surface area contributed by atoms with Crippen molar-refractivity contribution in [2.75, 3.05) is 6.61 Å². The van der Waals surface area contributed by atoms with E-state index in [2.05, 4.69) is 4.74 Å². The molecule has 0 spiro atoms. The van der Waals surface area contributed by atoms with Crippen LogP contribution in [0.3, 0.4) is 0 Å². The maximum atomic E-state index is 13.4. The van der Waals surface area contributed by atoms with Gasteiger partial charge < -0.3 is 9.30 Å². The van der Waals surface area contributed by atoms with Crippen molar-refractivity contribution in [3.8, 4) is 0 Å². The van der Waals surface area contributed by atoms with Crippen molar-refractivity contribution in [1.82, 2.24) is 4.57 Å². The highest BCUT2D eigenvalue weighted by atomic mass is 19.4. The minimum absolute atomic E-state index is 0.00752. The largest absolute Gasteiger partial charge is 0.466 e. The Balaban J connectivity index is 2.52. The Hall–Kier alpha value is -2.05. The molecule has 7 heteroatoms. The van der Waals surface area contributed by atoms with Crippen molar-refractivity contribution in [2.45, 2.75) is 25.4 Å². The molecule has 0 saturated carbocycles. The molecule has 3 nitrogen and oxygen atoms in total. The fourth-order valence-electron chi connectivity index (χ4n) is 2.46. The van der Waals surface area contributed by atoms with Gasteiger partial charge in [0.2, 0.25) is 0 Å². The van der Waals surface area contributed by atoms with Gasteiger partial charge in [-0.3, -0.25) is 4.79 Å². The predicted molar refractivity (Wildman–Crippen MR) is 72.9 cm³/mol. The number of carbonyl (C=O) groups excluding carboxylic acids is 1. The molecule has 2 rings (SSSR count). The van der Waals surface area contributed by atoms with Crippen molar-refractivity contribution in [3.63, 3.8) is 0 Å². The Morgan fingerprint density at radius 1 is 1.36 bits per heavy atom. The first-order valence-corrected chi connectivity index (χ1v) is 6.70. The topological polar surface area (TPSA) is 31.2 Å². The fraction of sp³-hybridized carbons (Fsp3) is 0.400. The van der Waals surface area contributed by atoms with Gasteiger partial charge in [-0.25, -0.2) is 4.39 Å². The zero-order valence-corrected chi connectivity index (χ0v) is 12.1. The van der Waals surface area contributed by atoms with Crippen LogP contribution in [0.2, 0.25) is 0 Å². The summed E-state index contributed by atoms with van der Waals surface area (Å²) in [4.78, 5) is 11.5. The Bertz CT molecular complexity index is 691. The summed E-state index contributed by atoms with van der Waals surface area (Å²) in [5.74, 6) is -3.59. The number of benzene rings is 1. The Morgan fingerprint density at radius 2 is 2.05 bits per heavy atom. The number of aryl methyl sites for hydroxylation is 1. The quantitative estimate of drug-likeness (QED) is 0.632. The molecule has 2 aromatic rings. The van der Waals surface area contributed by atoms with Crippen molar-refractivity contribution in [3.05, 3.63) is 35.8 Å². The van der Waals surface area contributed by atoms with Crippen LogP contribution in [0.15, 0.2) is 24.4 Å². The summed E-state index contributed by atoms with van der Waals surface area (Å²) < 4.78 is 59.5. The first-order valence-electron chi connectivity index (χ1n) is 6.70. The number of fused-ring (bicyclic) bond motifs is 1. The third-order valence-electron chi connectivity index (χ3n) is 3.43. The van der Waals surface area contributed by atoms with E-state index in [1.54, 1.807) is 7.05 Å². The molecule has 1 aromatic heterocycles. The number of nitrogens with zero attached hydrogens (tertiary/aromatic N) is 1. The van der Waals surface area contributed by atoms with E-state index in [1.165, 1.54) is 29.8 Å². The van der Waals surface area contributed by atoms with Gasteiger partial charge in [0.25, 0.3) is 0 Å². The van der Waals surface area contributed by atoms with E-state index >= 15 is 0 Å². The van der Waals surface area contributed by atoms with E-state index in [1.807, 2.05) is 0 Å². The highest BCUT2D eigenvalue weighted by molar-refractivity contribution is 5.85. The van der Waals surface area contributed by atoms with Crippen molar-refractivity contribution in [2.24, 2.45) is 7.05 Å². The molecule has 0 unspecified atom stereocenters. The molecule has 0 N–H and O–H groups in total. The highest BCUT2D eigenvalue weighted by Crippen LogP contribution is 2.41. The summed E-state index contributed by atoms with van der Waals surface area (Å²) in [5.41, 5.74) is 0.340. The van der Waals surface area contributed by atoms with Gasteiger partial charge >= 0.3 is 12.1 Å². The smallest absolute Gasteiger partial charge is 0.396 e. The monoisotopic (exact) mass is 317 g/mol. The molecule has 0 radical (unpaired) electrons. The van der Waals surface area contributed by atoms with Crippen LogP contribution in [0.4, 0.5) is 17.6 Å². The summed E-state index contributed by atoms with van der Waals surface area (Å²) in [6, 6.07) is 3.64. The van der Waals surface area contributed by atoms with Gasteiger partial charge in [0, 0.05) is 24.1 Å². The standard InChI is InChI=1S/C15H15F4NO2/c1-3-22-14(21)7-12(15(17,18)19)11-8-20(2)13-5-4-9(16)6-10(11)13/h4-6,8,12H,3,7H2,1-2H3/t12-/m0/s1. The first-order chi connectivity index (χ1) is 10.2. The van der Waals surface area contributed by atoms with Gasteiger partial charge in [-0.1, -0.05) is 0 Å². The summed E-state index contributed by atoms with van der Waals surface area (Å²) in [5, 5.41) is 0.147. The van der Waals surface area contributed by atoms with Gasteiger partial charge in [-0.2, -0.15) is 13.2 Å². The average molecular weight is 317 g/mol. The average Bonchev–Trinajstić information content (AvgIpc) is 2.71. The zero-order valence-electron chi connectivity index (χ0n) is 12.1. The second kappa shape index (κ2) is 5.98. The minimum atomic E-state index is -4.63. The number of esters is 1. The van der Waals surface area contributed by atoms with Crippen molar-refractivity contribution < 1.29 is 27.1 Å². The lowest BCUT2D eigenvalue weighted by molar-refractivity contribution is -0.166. The van der Waals surface area contributed by atoms with E-state index in [9.17, 15) is 22.4 Å². The molecule has 0 aliphatic heterocycles. The molecule has 0 saturated heterocycles. The van der Waals surface area contributed by atoms with Gasteiger partial charge in [-0.05, 0) is 30.7 Å². The molecule has 1 heterocycles. The second-order valence-electron chi connectivity index (χ2n) is 4.96. The van der Waals surface area contributed by atoms with Crippen LogP contribution in [-0.4, -0.2) is 23.3 Å². The lowest BCUT2D eigenvalue weighted by Gasteiger charge is -2.19. The number of hydrogen-bond donors (Lipinski definition) is 0. The highest BCUT2D eigenvalue weighted by Gasteiger charge is 2.43. The van der Waals surface area contributed by atoms with Crippen LogP contribution in [0.1, 0.15) is 24.8 Å². The third kappa shape index (κ3) is 3.23. The lowest BCUT2D eigenvalue weighted by atomic mass is 9.94. The molecule has 0 aliphatic carbocycles. The number of carbonyl (C=O) groups is 1. The SMILES string of the molecule is CCOC(=O)C[C@@H](c1cn(C)c2ccc(F)cc12)C(F)(F)F. The fourth-order valence-corrected chi connectivity index (χ4v) is 2.46. The van der Waals surface area contributed by atoms with Crippen LogP contribution in [0, 0.1) is 5.82 Å². The van der Waals surface area contributed by atoms with Gasteiger partial charge in [0.05, 0.1) is 18.9 Å². The van der Waals surface area contributed by atoms with Crippen molar-refractivity contribution in [1.29, 1.82) is 0 Å². The Morgan fingerprint density at radius 3 is 2.64 bits per heavy atom. The summed E-state index contributed by atoms with van der Waals surface area (Å²) in [7, 11) is 1.57. The third-order valence-corrected chi connectivity index (χ3v) is 3.43. The summed E-state index contributed by atoms with van der Waals surface area (Å²) in [6.07, 6.45) is -4.18. The predicted octanol–water partition coefficient (Wildman–Crippen LogP) is 3.92. The maximum Gasteiger partial charge on any atom is 0.396 e. The Kier molecular flexibility index (Phi) is 4.44. The lowest BCUT2D eigenvalue weighted by Crippen LogP contribution is -2.24. The molecule has 22 heavy (non-hydrogen) atoms. The molecule has 0 aliphatic rings. The van der Waals surface area contributed by atoms with Gasteiger partial charge in [0.15, 0.2) is 0 Å². The van der Waals surface area contributed by atoms with E-state index < -0.39 is 30.3 Å². The number of halogens is 4. The number of ether oxygens (including phenoxy) is 1. The van der Waals surface area contributed by atoms with Crippen LogP contribution in [0.5, 0.6) is 0 Å². The normalized spacial score (nSPS) is 13.4. The molecule has 0 fully saturated rings. The maximum absolute atomic E-state index is 13.4. The van der Waals surface area contributed by atoms with Crippen LogP contribution in [0.25, 0.3) is 10.9 Å². The van der Waals surface area contributed by atoms with Crippen LogP contribution >= 0.6 is 0 Å². The minimum Gasteiger partial charge on any atom is -0.466 e.